The molecule has 1 N–H and O–H groups in total. The van der Waals surface area contributed by atoms with Gasteiger partial charge in [-0.25, -0.2) is 0 Å². The van der Waals surface area contributed by atoms with Crippen LogP contribution in [-0.2, 0) is 4.65 Å². The molecule has 1 aromatic carbocycles. The van der Waals surface area contributed by atoms with Gasteiger partial charge in [0.1, 0.15) is 0 Å². The first-order chi connectivity index (χ1) is 8.15. The van der Waals surface area contributed by atoms with Crippen LogP contribution in [0.25, 0.3) is 0 Å². The van der Waals surface area contributed by atoms with Crippen LogP contribution in [0.5, 0.6) is 0 Å². The zero-order chi connectivity index (χ0) is 14.0. The monoisotopic (exact) mass is 251 g/mol. The highest BCUT2D eigenvalue weighted by Gasteiger charge is 2.36. The summed E-state index contributed by atoms with van der Waals surface area (Å²) in [6.45, 7) is 6.79. The Bertz CT molecular complexity index is 440. The molecule has 0 aromatic heterocycles. The molecule has 0 aliphatic carbocycles. The quantitative estimate of drug-likeness (QED) is 0.483. The van der Waals surface area contributed by atoms with Gasteiger partial charge < -0.3 is 9.76 Å². The zero-order valence-corrected chi connectivity index (χ0v) is 11.1. The van der Waals surface area contributed by atoms with Crippen molar-refractivity contribution in [3.63, 3.8) is 0 Å². The largest absolute Gasteiger partial charge is 0.426 e. The molecule has 0 heterocycles. The van der Waals surface area contributed by atoms with Crippen LogP contribution in [0.15, 0.2) is 24.3 Å². The minimum Gasteiger partial charge on any atom is -0.426 e. The van der Waals surface area contributed by atoms with Crippen LogP contribution >= 0.6 is 0 Å². The first-order valence-electron chi connectivity index (χ1n) is 5.74. The Morgan fingerprint density at radius 3 is 2.33 bits per heavy atom. The molecule has 98 valence electrons. The van der Waals surface area contributed by atoms with E-state index in [0.717, 1.165) is 0 Å². The summed E-state index contributed by atoms with van der Waals surface area (Å²) >= 11 is 0. The van der Waals surface area contributed by atoms with Crippen molar-refractivity contribution in [2.45, 2.75) is 38.9 Å². The second-order valence-electron chi connectivity index (χ2n) is 5.24. The Morgan fingerprint density at radius 1 is 1.28 bits per heavy atom. The summed E-state index contributed by atoms with van der Waals surface area (Å²) in [6.07, 6.45) is 0. The Hall–Kier alpha value is -1.40. The van der Waals surface area contributed by atoms with Crippen LogP contribution < -0.4 is 5.46 Å². The van der Waals surface area contributed by atoms with E-state index < -0.39 is 16.1 Å². The van der Waals surface area contributed by atoms with Crippen LogP contribution in [-0.4, -0.2) is 28.7 Å². The number of para-hydroxylation sites is 1. The van der Waals surface area contributed by atoms with E-state index in [1.54, 1.807) is 45.9 Å². The number of hydrogen-bond donors (Lipinski definition) is 1. The highest BCUT2D eigenvalue weighted by atomic mass is 16.6. The molecule has 0 radical (unpaired) electrons. The van der Waals surface area contributed by atoms with Crippen LogP contribution in [0.1, 0.15) is 27.7 Å². The van der Waals surface area contributed by atoms with Gasteiger partial charge in [0.2, 0.25) is 0 Å². The topological polar surface area (TPSA) is 72.6 Å². The summed E-state index contributed by atoms with van der Waals surface area (Å²) in [7, 11) is 0.0914. The number of benzene rings is 1. The fraction of sp³-hybridized carbons (Fsp3) is 0.500. The van der Waals surface area contributed by atoms with Gasteiger partial charge in [0, 0.05) is 11.5 Å². The molecule has 0 saturated heterocycles. The zero-order valence-electron chi connectivity index (χ0n) is 11.1. The third-order valence-electron chi connectivity index (χ3n) is 3.25. The second kappa shape index (κ2) is 5.08. The van der Waals surface area contributed by atoms with E-state index >= 15 is 0 Å². The Kier molecular flexibility index (Phi) is 4.14. The average molecular weight is 251 g/mol. The maximum absolute atomic E-state index is 10.8. The van der Waals surface area contributed by atoms with Crippen LogP contribution in [0.4, 0.5) is 5.69 Å². The molecule has 0 amide bonds. The fourth-order valence-corrected chi connectivity index (χ4v) is 1.25. The summed E-state index contributed by atoms with van der Waals surface area (Å²) in [5.74, 6) is 0. The molecule has 5 nitrogen and oxygen atoms in total. The molecular formula is C12H18BNO4. The van der Waals surface area contributed by atoms with Crippen LogP contribution in [0.3, 0.4) is 0 Å². The molecular weight excluding hydrogens is 233 g/mol. The molecule has 18 heavy (non-hydrogen) atoms. The van der Waals surface area contributed by atoms with Gasteiger partial charge >= 0.3 is 7.48 Å². The molecule has 1 rings (SSSR count). The van der Waals surface area contributed by atoms with Gasteiger partial charge in [-0.3, -0.25) is 10.1 Å². The standard InChI is InChI=1S/C12H18BNO4/c1-11(2,15)12(3,4)18-13-9-7-5-6-8-10(9)14(16)17/h5-8,13,15H,1-4H3. The number of nitro groups is 1. The second-order valence-corrected chi connectivity index (χ2v) is 5.24. The number of nitrogens with zero attached hydrogens (tertiary/aromatic N) is 1. The molecule has 0 fully saturated rings. The molecule has 1 aromatic rings. The Balaban J connectivity index is 2.85. The Morgan fingerprint density at radius 2 is 1.83 bits per heavy atom. The maximum atomic E-state index is 10.8. The maximum Gasteiger partial charge on any atom is 0.316 e. The van der Waals surface area contributed by atoms with Gasteiger partial charge in [-0.05, 0) is 27.7 Å². The van der Waals surface area contributed by atoms with E-state index in [2.05, 4.69) is 0 Å². The molecule has 0 bridgehead atoms. The molecule has 6 heteroatoms. The predicted octanol–water partition coefficient (Wildman–Crippen LogP) is 1.14. The molecule has 0 spiro atoms. The number of nitro benzene ring substituents is 1. The highest BCUT2D eigenvalue weighted by molar-refractivity contribution is 6.49. The summed E-state index contributed by atoms with van der Waals surface area (Å²) < 4.78 is 5.62. The van der Waals surface area contributed by atoms with Gasteiger partial charge in [-0.2, -0.15) is 0 Å². The van der Waals surface area contributed by atoms with Crippen molar-refractivity contribution >= 4 is 18.6 Å². The van der Waals surface area contributed by atoms with Crippen molar-refractivity contribution < 1.29 is 14.7 Å². The molecule has 0 atom stereocenters. The molecule has 0 aliphatic rings. The van der Waals surface area contributed by atoms with Crippen molar-refractivity contribution in [3.05, 3.63) is 34.4 Å². The normalized spacial score (nSPS) is 12.3. The summed E-state index contributed by atoms with van der Waals surface area (Å²) in [4.78, 5) is 10.4. The lowest BCUT2D eigenvalue weighted by atomic mass is 9.82. The van der Waals surface area contributed by atoms with E-state index in [9.17, 15) is 15.2 Å². The lowest BCUT2D eigenvalue weighted by Crippen LogP contribution is -2.49. The number of rotatable bonds is 5. The fourth-order valence-electron chi connectivity index (χ4n) is 1.25. The minimum absolute atomic E-state index is 0.0315. The number of hydrogen-bond acceptors (Lipinski definition) is 4. The van der Waals surface area contributed by atoms with E-state index in [0.29, 0.717) is 5.46 Å². The van der Waals surface area contributed by atoms with E-state index in [1.165, 1.54) is 6.07 Å². The average Bonchev–Trinajstić information content (AvgIpc) is 2.25. The van der Waals surface area contributed by atoms with E-state index in [1.807, 2.05) is 0 Å². The predicted molar refractivity (Wildman–Crippen MR) is 71.3 cm³/mol. The van der Waals surface area contributed by atoms with Crippen molar-refractivity contribution in [3.8, 4) is 0 Å². The third-order valence-corrected chi connectivity index (χ3v) is 3.25. The minimum atomic E-state index is -1.03. The van der Waals surface area contributed by atoms with Gasteiger partial charge in [0.25, 0.3) is 5.69 Å². The molecule has 0 saturated carbocycles. The van der Waals surface area contributed by atoms with Gasteiger partial charge in [0.05, 0.1) is 16.1 Å². The SMILES string of the molecule is CC(C)(O)C(C)(C)OBc1ccccc1[N+](=O)[O-]. The molecule has 0 aliphatic heterocycles. The lowest BCUT2D eigenvalue weighted by Gasteiger charge is -2.37. The Labute approximate surface area is 107 Å². The highest BCUT2D eigenvalue weighted by Crippen LogP contribution is 2.24. The summed E-state index contributed by atoms with van der Waals surface area (Å²) in [6, 6.07) is 6.43. The van der Waals surface area contributed by atoms with Gasteiger partial charge in [0.15, 0.2) is 0 Å². The summed E-state index contributed by atoms with van der Waals surface area (Å²) in [5.41, 5.74) is -1.29. The summed E-state index contributed by atoms with van der Waals surface area (Å²) in [5, 5.41) is 20.8. The van der Waals surface area contributed by atoms with Gasteiger partial charge in [-0.15, -0.1) is 0 Å². The lowest BCUT2D eigenvalue weighted by molar-refractivity contribution is -0.383. The van der Waals surface area contributed by atoms with Crippen molar-refractivity contribution in [2.75, 3.05) is 0 Å². The smallest absolute Gasteiger partial charge is 0.316 e. The molecule has 0 unspecified atom stereocenters. The van der Waals surface area contributed by atoms with Crippen molar-refractivity contribution in [1.82, 2.24) is 0 Å². The van der Waals surface area contributed by atoms with E-state index in [-0.39, 0.29) is 13.2 Å². The first-order valence-corrected chi connectivity index (χ1v) is 5.74. The van der Waals surface area contributed by atoms with Crippen molar-refractivity contribution in [2.24, 2.45) is 0 Å². The third kappa shape index (κ3) is 3.30. The van der Waals surface area contributed by atoms with Crippen molar-refractivity contribution in [1.29, 1.82) is 0 Å². The van der Waals surface area contributed by atoms with Crippen LogP contribution in [0, 0.1) is 10.1 Å². The first kappa shape index (κ1) is 14.7. The van der Waals surface area contributed by atoms with Gasteiger partial charge in [-0.1, -0.05) is 18.2 Å². The van der Waals surface area contributed by atoms with E-state index in [4.69, 9.17) is 4.65 Å². The van der Waals surface area contributed by atoms with Crippen LogP contribution in [0.2, 0.25) is 0 Å². The number of aliphatic hydroxyl groups is 1.